The largest absolute Gasteiger partial charge is 0.382 e. The van der Waals surface area contributed by atoms with Crippen LogP contribution in [-0.2, 0) is 4.74 Å². The normalized spacial score (nSPS) is 13.0. The van der Waals surface area contributed by atoms with E-state index in [2.05, 4.69) is 6.92 Å². The van der Waals surface area contributed by atoms with E-state index in [0.29, 0.717) is 6.42 Å². The molecule has 1 nitrogen and oxygen atoms in total. The molecule has 0 bridgehead atoms. The summed E-state index contributed by atoms with van der Waals surface area (Å²) in [5, 5.41) is 0. The Labute approximate surface area is 94.4 Å². The van der Waals surface area contributed by atoms with E-state index in [1.54, 1.807) is 7.11 Å². The van der Waals surface area contributed by atoms with Gasteiger partial charge in [-0.3, -0.25) is 0 Å². The number of ether oxygens (including phenoxy) is 1. The predicted molar refractivity (Wildman–Crippen MR) is 64.0 cm³/mol. The second-order valence-corrected chi connectivity index (χ2v) is 4.32. The molecule has 1 atom stereocenters. The third-order valence-electron chi connectivity index (χ3n) is 2.72. The first-order valence-corrected chi connectivity index (χ1v) is 6.44. The topological polar surface area (TPSA) is 9.23 Å². The van der Waals surface area contributed by atoms with E-state index < -0.39 is 6.17 Å². The zero-order valence-corrected chi connectivity index (χ0v) is 10.4. The number of methoxy groups -OCH3 is 1. The zero-order chi connectivity index (χ0) is 11.4. The second kappa shape index (κ2) is 12.0. The summed E-state index contributed by atoms with van der Waals surface area (Å²) in [4.78, 5) is 0. The van der Waals surface area contributed by atoms with Gasteiger partial charge < -0.3 is 4.74 Å². The van der Waals surface area contributed by atoms with E-state index >= 15 is 0 Å². The molecule has 0 N–H and O–H groups in total. The van der Waals surface area contributed by atoms with Crippen LogP contribution in [0.25, 0.3) is 0 Å². The van der Waals surface area contributed by atoms with Gasteiger partial charge in [-0.15, -0.1) is 0 Å². The van der Waals surface area contributed by atoms with Gasteiger partial charge in [0.25, 0.3) is 0 Å². The van der Waals surface area contributed by atoms with Gasteiger partial charge in [0.1, 0.15) is 6.17 Å². The van der Waals surface area contributed by atoms with E-state index in [4.69, 9.17) is 4.74 Å². The van der Waals surface area contributed by atoms with Crippen LogP contribution in [0.3, 0.4) is 0 Å². The third-order valence-corrected chi connectivity index (χ3v) is 2.72. The number of hydrogen-bond acceptors (Lipinski definition) is 1. The van der Waals surface area contributed by atoms with Crippen molar-refractivity contribution < 1.29 is 9.13 Å². The highest BCUT2D eigenvalue weighted by Gasteiger charge is 2.04. The first kappa shape index (κ1) is 14.9. The molecule has 0 aliphatic carbocycles. The molecule has 0 heterocycles. The van der Waals surface area contributed by atoms with Gasteiger partial charge in [-0.25, -0.2) is 4.39 Å². The molecule has 0 aliphatic rings. The van der Waals surface area contributed by atoms with Gasteiger partial charge in [0.2, 0.25) is 0 Å². The molecule has 0 rings (SSSR count). The average Bonchev–Trinajstić information content (AvgIpc) is 2.22. The minimum absolute atomic E-state index is 0.260. The van der Waals surface area contributed by atoms with Crippen LogP contribution in [0.4, 0.5) is 4.39 Å². The molecule has 1 unspecified atom stereocenters. The minimum Gasteiger partial charge on any atom is -0.382 e. The Morgan fingerprint density at radius 2 is 1.47 bits per heavy atom. The van der Waals surface area contributed by atoms with Gasteiger partial charge in [0.05, 0.1) is 6.61 Å². The van der Waals surface area contributed by atoms with Gasteiger partial charge >= 0.3 is 0 Å². The van der Waals surface area contributed by atoms with Gasteiger partial charge in [-0.2, -0.15) is 0 Å². The molecule has 92 valence electrons. The summed E-state index contributed by atoms with van der Waals surface area (Å²) in [5.74, 6) is 0. The first-order valence-electron chi connectivity index (χ1n) is 6.44. The Morgan fingerprint density at radius 1 is 0.933 bits per heavy atom. The van der Waals surface area contributed by atoms with Crippen molar-refractivity contribution in [2.24, 2.45) is 0 Å². The Hall–Kier alpha value is -0.110. The molecule has 0 aliphatic heterocycles. The van der Waals surface area contributed by atoms with Crippen molar-refractivity contribution in [2.45, 2.75) is 70.9 Å². The lowest BCUT2D eigenvalue weighted by molar-refractivity contribution is 0.117. The summed E-state index contributed by atoms with van der Waals surface area (Å²) in [6, 6.07) is 0. The molecule has 0 saturated heterocycles. The van der Waals surface area contributed by atoms with Crippen molar-refractivity contribution in [3.63, 3.8) is 0 Å². The Morgan fingerprint density at radius 3 is 2.00 bits per heavy atom. The van der Waals surface area contributed by atoms with Crippen molar-refractivity contribution in [1.82, 2.24) is 0 Å². The Bertz CT molecular complexity index is 117. The van der Waals surface area contributed by atoms with E-state index in [-0.39, 0.29) is 6.61 Å². The highest BCUT2D eigenvalue weighted by molar-refractivity contribution is 4.55. The van der Waals surface area contributed by atoms with Gasteiger partial charge in [0, 0.05) is 7.11 Å². The minimum atomic E-state index is -0.755. The van der Waals surface area contributed by atoms with Crippen LogP contribution in [0.2, 0.25) is 0 Å². The predicted octanol–water partition coefficient (Wildman–Crippen LogP) is 4.50. The number of hydrogen-bond donors (Lipinski definition) is 0. The van der Waals surface area contributed by atoms with Crippen LogP contribution in [0, 0.1) is 0 Å². The SMILES string of the molecule is CCCCCCCCCCC(F)COC. The molecule has 2 heteroatoms. The smallest absolute Gasteiger partial charge is 0.123 e. The Balaban J connectivity index is 2.98. The summed E-state index contributed by atoms with van der Waals surface area (Å²) >= 11 is 0. The lowest BCUT2D eigenvalue weighted by Gasteiger charge is -2.06. The maximum atomic E-state index is 13.0. The molecular formula is C13H27FO. The van der Waals surface area contributed by atoms with E-state index in [9.17, 15) is 4.39 Å². The molecule has 0 aromatic rings. The van der Waals surface area contributed by atoms with Gasteiger partial charge in [-0.1, -0.05) is 58.3 Å². The Kier molecular flexibility index (Phi) is 11.9. The average molecular weight is 218 g/mol. The first-order chi connectivity index (χ1) is 7.31. The summed E-state index contributed by atoms with van der Waals surface area (Å²) in [6.07, 6.45) is 10.1. The summed E-state index contributed by atoms with van der Waals surface area (Å²) in [7, 11) is 1.56. The molecule has 0 saturated carbocycles. The fraction of sp³-hybridized carbons (Fsp3) is 1.00. The van der Waals surface area contributed by atoms with Crippen LogP contribution in [0.15, 0.2) is 0 Å². The molecule has 0 radical (unpaired) electrons. The van der Waals surface area contributed by atoms with Crippen LogP contribution in [0.1, 0.15) is 64.7 Å². The van der Waals surface area contributed by atoms with Crippen molar-refractivity contribution >= 4 is 0 Å². The summed E-state index contributed by atoms with van der Waals surface area (Å²) < 4.78 is 17.7. The van der Waals surface area contributed by atoms with Crippen molar-refractivity contribution in [1.29, 1.82) is 0 Å². The maximum Gasteiger partial charge on any atom is 0.123 e. The van der Waals surface area contributed by atoms with Gasteiger partial charge in [-0.05, 0) is 6.42 Å². The third kappa shape index (κ3) is 11.8. The molecule has 15 heavy (non-hydrogen) atoms. The summed E-state index contributed by atoms with van der Waals surface area (Å²) in [5.41, 5.74) is 0. The molecule has 0 spiro atoms. The molecule has 0 aromatic heterocycles. The van der Waals surface area contributed by atoms with Crippen molar-refractivity contribution in [2.75, 3.05) is 13.7 Å². The monoisotopic (exact) mass is 218 g/mol. The zero-order valence-electron chi connectivity index (χ0n) is 10.4. The lowest BCUT2D eigenvalue weighted by Crippen LogP contribution is -2.07. The number of alkyl halides is 1. The standard InChI is InChI=1S/C13H27FO/c1-3-4-5-6-7-8-9-10-11-13(14)12-15-2/h13H,3-12H2,1-2H3. The van der Waals surface area contributed by atoms with E-state index in [0.717, 1.165) is 6.42 Å². The molecule has 0 amide bonds. The maximum absolute atomic E-state index is 13.0. The van der Waals surface area contributed by atoms with E-state index in [1.807, 2.05) is 0 Å². The number of rotatable bonds is 11. The van der Waals surface area contributed by atoms with Crippen LogP contribution in [-0.4, -0.2) is 19.9 Å². The van der Waals surface area contributed by atoms with Crippen LogP contribution in [0.5, 0.6) is 0 Å². The number of halogens is 1. The number of unbranched alkanes of at least 4 members (excludes halogenated alkanes) is 7. The fourth-order valence-corrected chi connectivity index (χ4v) is 1.76. The highest BCUT2D eigenvalue weighted by atomic mass is 19.1. The second-order valence-electron chi connectivity index (χ2n) is 4.32. The molecule has 0 aromatic carbocycles. The molecular weight excluding hydrogens is 191 g/mol. The lowest BCUT2D eigenvalue weighted by atomic mass is 10.1. The van der Waals surface area contributed by atoms with Crippen LogP contribution < -0.4 is 0 Å². The van der Waals surface area contributed by atoms with Gasteiger partial charge in [0.15, 0.2) is 0 Å². The quantitative estimate of drug-likeness (QED) is 0.464. The fourth-order valence-electron chi connectivity index (χ4n) is 1.76. The van der Waals surface area contributed by atoms with E-state index in [1.165, 1.54) is 44.9 Å². The van der Waals surface area contributed by atoms with Crippen LogP contribution >= 0.6 is 0 Å². The van der Waals surface area contributed by atoms with Crippen molar-refractivity contribution in [3.05, 3.63) is 0 Å². The molecule has 0 fully saturated rings. The highest BCUT2D eigenvalue weighted by Crippen LogP contribution is 2.11. The summed E-state index contributed by atoms with van der Waals surface area (Å²) in [6.45, 7) is 2.49. The van der Waals surface area contributed by atoms with Crippen molar-refractivity contribution in [3.8, 4) is 0 Å².